The second kappa shape index (κ2) is 26.5. The zero-order valence-electron chi connectivity index (χ0n) is 30.4. The summed E-state index contributed by atoms with van der Waals surface area (Å²) < 4.78 is 35.5. The molecule has 0 bridgehead atoms. The van der Waals surface area contributed by atoms with Gasteiger partial charge in [-0.15, -0.1) is 0 Å². The average molecular weight is 655 g/mol. The van der Waals surface area contributed by atoms with E-state index in [2.05, 4.69) is 27.7 Å². The Kier molecular flexibility index (Phi) is 24.6. The molecule has 0 aromatic heterocycles. The summed E-state index contributed by atoms with van der Waals surface area (Å²) in [5.41, 5.74) is -0.345. The molecule has 4 atom stereocenters. The van der Waals surface area contributed by atoms with E-state index in [1.165, 1.54) is 0 Å². The van der Waals surface area contributed by atoms with Gasteiger partial charge in [-0.3, -0.25) is 0 Å². The Bertz CT molecular complexity index is 835. The first-order valence-electron chi connectivity index (χ1n) is 18.3. The van der Waals surface area contributed by atoms with Crippen molar-refractivity contribution in [1.29, 1.82) is 0 Å². The van der Waals surface area contributed by atoms with Crippen molar-refractivity contribution in [2.75, 3.05) is 52.9 Å². The Balaban J connectivity index is 2.07. The molecule has 8 nitrogen and oxygen atoms in total. The van der Waals surface area contributed by atoms with Crippen molar-refractivity contribution in [1.82, 2.24) is 0 Å². The maximum Gasteiger partial charge on any atom is 0.122 e. The van der Waals surface area contributed by atoms with Crippen LogP contribution in [0.15, 0.2) is 24.3 Å². The van der Waals surface area contributed by atoms with Gasteiger partial charge in [-0.2, -0.15) is 0 Å². The van der Waals surface area contributed by atoms with E-state index in [-0.39, 0.29) is 23.4 Å². The van der Waals surface area contributed by atoms with Crippen LogP contribution in [0.4, 0.5) is 0 Å². The van der Waals surface area contributed by atoms with Gasteiger partial charge in [0.25, 0.3) is 0 Å². The van der Waals surface area contributed by atoms with E-state index in [1.807, 2.05) is 31.2 Å². The van der Waals surface area contributed by atoms with Gasteiger partial charge in [-0.1, -0.05) is 45.6 Å². The molecule has 46 heavy (non-hydrogen) atoms. The summed E-state index contributed by atoms with van der Waals surface area (Å²) in [4.78, 5) is 0. The molecule has 0 aliphatic carbocycles. The van der Waals surface area contributed by atoms with E-state index in [0.717, 1.165) is 115 Å². The minimum absolute atomic E-state index is 0.122. The van der Waals surface area contributed by atoms with Crippen molar-refractivity contribution < 1.29 is 38.6 Å². The van der Waals surface area contributed by atoms with Crippen molar-refractivity contribution in [3.8, 4) is 11.5 Å². The van der Waals surface area contributed by atoms with Crippen LogP contribution in [0.3, 0.4) is 0 Å². The van der Waals surface area contributed by atoms with Gasteiger partial charge < -0.3 is 38.6 Å². The number of aliphatic hydroxyl groups is 2. The smallest absolute Gasteiger partial charge is 0.122 e. The Morgan fingerprint density at radius 2 is 1.09 bits per heavy atom. The van der Waals surface area contributed by atoms with Gasteiger partial charge in [0.15, 0.2) is 0 Å². The highest BCUT2D eigenvalue weighted by Gasteiger charge is 2.24. The van der Waals surface area contributed by atoms with Crippen LogP contribution in [-0.4, -0.2) is 86.5 Å². The normalized spacial score (nSPS) is 15.7. The van der Waals surface area contributed by atoms with Crippen molar-refractivity contribution in [2.24, 2.45) is 0 Å². The first-order valence-corrected chi connectivity index (χ1v) is 18.3. The second-order valence-electron chi connectivity index (χ2n) is 13.4. The molecule has 0 spiro atoms. The number of hydrogen-bond donors (Lipinski definition) is 2. The maximum atomic E-state index is 9.67. The van der Waals surface area contributed by atoms with Gasteiger partial charge in [-0.25, -0.2) is 0 Å². The maximum absolute atomic E-state index is 9.67. The molecule has 1 aromatic carbocycles. The van der Waals surface area contributed by atoms with Crippen LogP contribution < -0.4 is 9.47 Å². The molecule has 4 unspecified atom stereocenters. The molecule has 0 saturated carbocycles. The molecule has 270 valence electrons. The molecule has 0 heterocycles. The highest BCUT2D eigenvalue weighted by molar-refractivity contribution is 5.32. The van der Waals surface area contributed by atoms with Gasteiger partial charge in [0, 0.05) is 51.9 Å². The molecule has 0 aliphatic heterocycles. The van der Waals surface area contributed by atoms with Crippen LogP contribution in [0.25, 0.3) is 0 Å². The van der Waals surface area contributed by atoms with Gasteiger partial charge in [0.05, 0.1) is 43.2 Å². The summed E-state index contributed by atoms with van der Waals surface area (Å²) in [6.07, 6.45) is 13.3. The fourth-order valence-corrected chi connectivity index (χ4v) is 5.23. The molecule has 2 N–H and O–H groups in total. The lowest BCUT2D eigenvalue weighted by Gasteiger charge is -2.30. The number of ether oxygens (including phenoxy) is 6. The second-order valence-corrected chi connectivity index (χ2v) is 13.4. The third kappa shape index (κ3) is 23.0. The summed E-state index contributed by atoms with van der Waals surface area (Å²) in [6, 6.07) is 7.88. The van der Waals surface area contributed by atoms with Crippen LogP contribution in [0.5, 0.6) is 11.5 Å². The molecule has 0 radical (unpaired) electrons. The molecule has 0 fully saturated rings. The lowest BCUT2D eigenvalue weighted by Crippen LogP contribution is -2.32. The van der Waals surface area contributed by atoms with E-state index in [9.17, 15) is 10.2 Å². The molecular formula is C38H70O8. The third-order valence-electron chi connectivity index (χ3n) is 8.48. The van der Waals surface area contributed by atoms with Crippen LogP contribution in [-0.2, 0) is 18.9 Å². The zero-order valence-corrected chi connectivity index (χ0v) is 30.4. The SMILES string of the molecule is CCC(C)(CCCOc1cccc(OCCCOCCCCCCOC(C)(CC)CC(C)O)c1)OCCCCCCOCC(C)O. The molecule has 0 saturated heterocycles. The van der Waals surface area contributed by atoms with Crippen LogP contribution in [0, 0.1) is 0 Å². The van der Waals surface area contributed by atoms with Gasteiger partial charge >= 0.3 is 0 Å². The molecule has 8 heteroatoms. The fraction of sp³-hybridized carbons (Fsp3) is 0.842. The standard InChI is InChI=1S/C38H70O8/c1-7-37(5,45-28-15-12-10-14-24-42-32-34(4)40)22-18-26-43-35-20-17-21-36(30-35)44-27-19-25-41-23-13-9-11-16-29-46-38(6,8-2)31-33(3)39/h17,20-21,30,33-34,39-40H,7-16,18-19,22-29,31-32H2,1-6H3. The Morgan fingerprint density at radius 1 is 0.587 bits per heavy atom. The summed E-state index contributed by atoms with van der Waals surface area (Å²) in [6.45, 7) is 17.6. The summed E-state index contributed by atoms with van der Waals surface area (Å²) in [5.74, 6) is 1.65. The number of rotatable bonds is 32. The van der Waals surface area contributed by atoms with Gasteiger partial charge in [-0.05, 0) is 91.2 Å². The van der Waals surface area contributed by atoms with Crippen molar-refractivity contribution in [3.63, 3.8) is 0 Å². The minimum Gasteiger partial charge on any atom is -0.493 e. The zero-order chi connectivity index (χ0) is 33.9. The first kappa shape index (κ1) is 42.6. The van der Waals surface area contributed by atoms with E-state index in [4.69, 9.17) is 28.4 Å². The summed E-state index contributed by atoms with van der Waals surface area (Å²) in [5, 5.41) is 18.9. The lowest BCUT2D eigenvalue weighted by atomic mass is 9.96. The molecule has 1 rings (SSSR count). The predicted molar refractivity (Wildman–Crippen MR) is 187 cm³/mol. The predicted octanol–water partition coefficient (Wildman–Crippen LogP) is 8.29. The highest BCUT2D eigenvalue weighted by Crippen LogP contribution is 2.25. The van der Waals surface area contributed by atoms with Crippen molar-refractivity contribution in [2.45, 2.75) is 155 Å². The van der Waals surface area contributed by atoms with E-state index < -0.39 is 0 Å². The third-order valence-corrected chi connectivity index (χ3v) is 8.48. The monoisotopic (exact) mass is 655 g/mol. The number of aliphatic hydroxyl groups excluding tert-OH is 2. The Labute approximate surface area is 281 Å². The van der Waals surface area contributed by atoms with Crippen LogP contribution in [0.2, 0.25) is 0 Å². The quantitative estimate of drug-likeness (QED) is 0.0750. The lowest BCUT2D eigenvalue weighted by molar-refractivity contribution is -0.0627. The minimum atomic E-state index is -0.388. The fourth-order valence-electron chi connectivity index (χ4n) is 5.23. The molecular weight excluding hydrogens is 584 g/mol. The van der Waals surface area contributed by atoms with E-state index >= 15 is 0 Å². The summed E-state index contributed by atoms with van der Waals surface area (Å²) in [7, 11) is 0. The van der Waals surface area contributed by atoms with Gasteiger partial charge in [0.1, 0.15) is 11.5 Å². The largest absolute Gasteiger partial charge is 0.493 e. The topological polar surface area (TPSA) is 95.8 Å². The molecule has 0 amide bonds. The highest BCUT2D eigenvalue weighted by atomic mass is 16.5. The first-order chi connectivity index (χ1) is 22.1. The Hall–Kier alpha value is -1.42. The Morgan fingerprint density at radius 3 is 1.63 bits per heavy atom. The average Bonchev–Trinajstić information content (AvgIpc) is 3.02. The summed E-state index contributed by atoms with van der Waals surface area (Å²) >= 11 is 0. The van der Waals surface area contributed by atoms with Crippen molar-refractivity contribution in [3.05, 3.63) is 24.3 Å². The number of unbranched alkanes of at least 4 members (excludes halogenated alkanes) is 6. The van der Waals surface area contributed by atoms with Crippen LogP contribution >= 0.6 is 0 Å². The van der Waals surface area contributed by atoms with Crippen LogP contribution in [0.1, 0.15) is 131 Å². The number of hydrogen-bond acceptors (Lipinski definition) is 8. The van der Waals surface area contributed by atoms with E-state index in [0.29, 0.717) is 39.5 Å². The van der Waals surface area contributed by atoms with E-state index in [1.54, 1.807) is 6.92 Å². The number of benzene rings is 1. The van der Waals surface area contributed by atoms with Crippen molar-refractivity contribution >= 4 is 0 Å². The molecule has 1 aromatic rings. The van der Waals surface area contributed by atoms with Gasteiger partial charge in [0.2, 0.25) is 0 Å². The molecule has 0 aliphatic rings.